The SMILES string of the molecule is CCc1nnc(OCCC(C)(C)C)c(C(N)=S)c1CC. The highest BCUT2D eigenvalue weighted by Gasteiger charge is 2.18. The van der Waals surface area contributed by atoms with E-state index in [9.17, 15) is 0 Å². The lowest BCUT2D eigenvalue weighted by Gasteiger charge is -2.19. The van der Waals surface area contributed by atoms with Gasteiger partial charge in [0.2, 0.25) is 5.88 Å². The van der Waals surface area contributed by atoms with Crippen LogP contribution in [0, 0.1) is 5.41 Å². The Balaban J connectivity index is 3.04. The molecule has 20 heavy (non-hydrogen) atoms. The highest BCUT2D eigenvalue weighted by molar-refractivity contribution is 7.80. The molecule has 0 aliphatic rings. The first-order valence-electron chi connectivity index (χ1n) is 7.11. The quantitative estimate of drug-likeness (QED) is 0.817. The van der Waals surface area contributed by atoms with Crippen LogP contribution in [0.15, 0.2) is 0 Å². The van der Waals surface area contributed by atoms with E-state index in [4.69, 9.17) is 22.7 Å². The third-order valence-corrected chi connectivity index (χ3v) is 3.36. The highest BCUT2D eigenvalue weighted by Crippen LogP contribution is 2.24. The van der Waals surface area contributed by atoms with Gasteiger partial charge in [-0.15, -0.1) is 5.10 Å². The van der Waals surface area contributed by atoms with Crippen molar-refractivity contribution in [2.75, 3.05) is 6.61 Å². The molecule has 1 rings (SSSR count). The van der Waals surface area contributed by atoms with Crippen LogP contribution in [0.2, 0.25) is 0 Å². The zero-order chi connectivity index (χ0) is 15.3. The minimum absolute atomic E-state index is 0.216. The van der Waals surface area contributed by atoms with Gasteiger partial charge in [-0.05, 0) is 30.2 Å². The summed E-state index contributed by atoms with van der Waals surface area (Å²) in [4.78, 5) is 0.331. The number of nitrogens with two attached hydrogens (primary N) is 1. The van der Waals surface area contributed by atoms with Gasteiger partial charge in [-0.3, -0.25) is 0 Å². The van der Waals surface area contributed by atoms with Crippen LogP contribution >= 0.6 is 12.2 Å². The predicted molar refractivity (Wildman–Crippen MR) is 86.2 cm³/mol. The van der Waals surface area contributed by atoms with Crippen molar-refractivity contribution >= 4 is 17.2 Å². The van der Waals surface area contributed by atoms with Gasteiger partial charge in [0.05, 0.1) is 17.9 Å². The summed E-state index contributed by atoms with van der Waals surface area (Å²) in [6.45, 7) is 11.2. The van der Waals surface area contributed by atoms with Gasteiger partial charge in [0.25, 0.3) is 0 Å². The van der Waals surface area contributed by atoms with E-state index in [0.717, 1.165) is 36.1 Å². The highest BCUT2D eigenvalue weighted by atomic mass is 32.1. The van der Waals surface area contributed by atoms with Crippen LogP contribution in [0.1, 0.15) is 57.9 Å². The number of aromatic nitrogens is 2. The summed E-state index contributed by atoms with van der Waals surface area (Å²) in [5, 5.41) is 8.40. The lowest BCUT2D eigenvalue weighted by molar-refractivity contribution is 0.233. The number of hydrogen-bond donors (Lipinski definition) is 1. The van der Waals surface area contributed by atoms with E-state index < -0.39 is 0 Å². The number of thiocarbonyl (C=S) groups is 1. The molecule has 0 atom stereocenters. The Bertz CT molecular complexity index is 481. The Hall–Kier alpha value is -1.23. The van der Waals surface area contributed by atoms with E-state index in [1.807, 2.05) is 6.92 Å². The van der Waals surface area contributed by atoms with Crippen LogP contribution in [-0.2, 0) is 12.8 Å². The molecule has 0 saturated heterocycles. The Morgan fingerprint density at radius 1 is 1.20 bits per heavy atom. The summed E-state index contributed by atoms with van der Waals surface area (Å²) in [6, 6.07) is 0. The standard InChI is InChI=1S/C15H25N3OS/c1-6-10-11(7-2)17-18-14(12(10)13(16)20)19-9-8-15(3,4)5/h6-9H2,1-5H3,(H2,16,20). The summed E-state index contributed by atoms with van der Waals surface area (Å²) >= 11 is 5.16. The minimum Gasteiger partial charge on any atom is -0.476 e. The average Bonchev–Trinajstić information content (AvgIpc) is 2.35. The second-order valence-electron chi connectivity index (χ2n) is 6.04. The number of hydrogen-bond acceptors (Lipinski definition) is 4. The molecule has 1 aromatic rings. The van der Waals surface area contributed by atoms with Crippen LogP contribution in [0.3, 0.4) is 0 Å². The zero-order valence-corrected chi connectivity index (χ0v) is 13.9. The number of rotatable bonds is 6. The fourth-order valence-corrected chi connectivity index (χ4v) is 2.17. The molecule has 2 N–H and O–H groups in total. The van der Waals surface area contributed by atoms with E-state index in [0.29, 0.717) is 17.5 Å². The summed E-state index contributed by atoms with van der Waals surface area (Å²) in [6.07, 6.45) is 2.57. The molecule has 0 aromatic carbocycles. The van der Waals surface area contributed by atoms with E-state index in [2.05, 4.69) is 37.9 Å². The van der Waals surface area contributed by atoms with Gasteiger partial charge in [0, 0.05) is 0 Å². The van der Waals surface area contributed by atoms with Crippen LogP contribution < -0.4 is 10.5 Å². The topological polar surface area (TPSA) is 61.0 Å². The third kappa shape index (κ3) is 4.40. The first kappa shape index (κ1) is 16.8. The number of nitrogens with zero attached hydrogens (tertiary/aromatic N) is 2. The average molecular weight is 295 g/mol. The van der Waals surface area contributed by atoms with Crippen LogP contribution in [0.25, 0.3) is 0 Å². The van der Waals surface area contributed by atoms with Crippen molar-refractivity contribution < 1.29 is 4.74 Å². The molecule has 112 valence electrons. The fourth-order valence-electron chi connectivity index (χ4n) is 1.96. The first-order valence-corrected chi connectivity index (χ1v) is 7.52. The fraction of sp³-hybridized carbons (Fsp3) is 0.667. The Labute approximate surface area is 127 Å². The zero-order valence-electron chi connectivity index (χ0n) is 13.1. The summed E-state index contributed by atoms with van der Waals surface area (Å²) in [5.41, 5.74) is 8.82. The molecular formula is C15H25N3OS. The second kappa shape index (κ2) is 6.97. The molecule has 0 aliphatic heterocycles. The van der Waals surface area contributed by atoms with Crippen molar-refractivity contribution in [1.29, 1.82) is 0 Å². The molecule has 5 heteroatoms. The number of aryl methyl sites for hydroxylation is 1. The monoisotopic (exact) mass is 295 g/mol. The normalized spacial score (nSPS) is 11.4. The van der Waals surface area contributed by atoms with Gasteiger partial charge in [-0.1, -0.05) is 46.8 Å². The van der Waals surface area contributed by atoms with Crippen molar-refractivity contribution in [2.24, 2.45) is 11.1 Å². The number of ether oxygens (including phenoxy) is 1. The van der Waals surface area contributed by atoms with E-state index in [1.54, 1.807) is 0 Å². The predicted octanol–water partition coefficient (Wildman–Crippen LogP) is 3.05. The maximum atomic E-state index is 5.86. The molecule has 4 nitrogen and oxygen atoms in total. The van der Waals surface area contributed by atoms with Gasteiger partial charge in [0.1, 0.15) is 4.99 Å². The maximum absolute atomic E-state index is 5.86. The van der Waals surface area contributed by atoms with Gasteiger partial charge >= 0.3 is 0 Å². The molecule has 0 radical (unpaired) electrons. The lowest BCUT2D eigenvalue weighted by atomic mass is 9.93. The lowest BCUT2D eigenvalue weighted by Crippen LogP contribution is -2.19. The second-order valence-corrected chi connectivity index (χ2v) is 6.48. The van der Waals surface area contributed by atoms with Crippen molar-refractivity contribution in [2.45, 2.75) is 53.9 Å². The first-order chi connectivity index (χ1) is 9.30. The van der Waals surface area contributed by atoms with Gasteiger partial charge in [-0.2, -0.15) is 5.10 Å². The molecule has 0 amide bonds. The van der Waals surface area contributed by atoms with Crippen LogP contribution in [-0.4, -0.2) is 21.8 Å². The van der Waals surface area contributed by atoms with Crippen LogP contribution in [0.5, 0.6) is 5.88 Å². The smallest absolute Gasteiger partial charge is 0.244 e. The molecule has 0 bridgehead atoms. The molecule has 0 fully saturated rings. The van der Waals surface area contributed by atoms with Crippen molar-refractivity contribution in [3.8, 4) is 5.88 Å². The molecule has 0 aliphatic carbocycles. The molecule has 0 saturated carbocycles. The molecule has 1 heterocycles. The molecule has 0 spiro atoms. The van der Waals surface area contributed by atoms with Crippen molar-refractivity contribution in [3.63, 3.8) is 0 Å². The summed E-state index contributed by atoms with van der Waals surface area (Å²) in [7, 11) is 0. The van der Waals surface area contributed by atoms with Gasteiger partial charge in [-0.25, -0.2) is 0 Å². The third-order valence-electron chi connectivity index (χ3n) is 3.15. The van der Waals surface area contributed by atoms with Gasteiger partial charge in [0.15, 0.2) is 0 Å². The largest absolute Gasteiger partial charge is 0.476 e. The van der Waals surface area contributed by atoms with Gasteiger partial charge < -0.3 is 10.5 Å². The maximum Gasteiger partial charge on any atom is 0.244 e. The molecule has 0 unspecified atom stereocenters. The molecule has 1 aromatic heterocycles. The Morgan fingerprint density at radius 3 is 2.30 bits per heavy atom. The Morgan fingerprint density at radius 2 is 1.85 bits per heavy atom. The summed E-state index contributed by atoms with van der Waals surface area (Å²) < 4.78 is 5.78. The minimum atomic E-state index is 0.216. The summed E-state index contributed by atoms with van der Waals surface area (Å²) in [5.74, 6) is 0.468. The van der Waals surface area contributed by atoms with E-state index >= 15 is 0 Å². The van der Waals surface area contributed by atoms with Crippen LogP contribution in [0.4, 0.5) is 0 Å². The Kier molecular flexibility index (Phi) is 5.87. The molecular weight excluding hydrogens is 270 g/mol. The van der Waals surface area contributed by atoms with Crippen molar-refractivity contribution in [1.82, 2.24) is 10.2 Å². The van der Waals surface area contributed by atoms with E-state index in [-0.39, 0.29) is 5.41 Å². The van der Waals surface area contributed by atoms with Crippen molar-refractivity contribution in [3.05, 3.63) is 16.8 Å². The van der Waals surface area contributed by atoms with E-state index in [1.165, 1.54) is 0 Å².